The average Bonchev–Trinajstić information content (AvgIpc) is 2.14. The van der Waals surface area contributed by atoms with Crippen LogP contribution in [0.3, 0.4) is 0 Å². The molecule has 2 atom stereocenters. The van der Waals surface area contributed by atoms with Crippen LogP contribution < -0.4 is 16.5 Å². The first kappa shape index (κ1) is 16.8. The largest absolute Gasteiger partial charge is 0.480 e. The van der Waals surface area contributed by atoms with Crippen molar-refractivity contribution in [3.05, 3.63) is 0 Å². The van der Waals surface area contributed by atoms with Gasteiger partial charge < -0.3 is 16.2 Å². The third-order valence-corrected chi connectivity index (χ3v) is 2.12. The van der Waals surface area contributed by atoms with E-state index in [1.807, 2.05) is 0 Å². The molecule has 0 aromatic rings. The zero-order valence-corrected chi connectivity index (χ0v) is 10.6. The molecular weight excluding hydrogens is 243 g/mol. The van der Waals surface area contributed by atoms with E-state index in [0.717, 1.165) is 5.01 Å². The standard InChI is InChI=1S/C10H21FN4O3/c1-13-5-7(11)3-8(12)4-9(16)14-15(2)6-10(17)18/h7-8,13H,3-6,12H2,1-2H3,(H,14,16)(H,17,18)/t7-,8-/m1/s1. The van der Waals surface area contributed by atoms with Gasteiger partial charge in [-0.15, -0.1) is 0 Å². The highest BCUT2D eigenvalue weighted by Gasteiger charge is 2.16. The molecule has 0 saturated carbocycles. The van der Waals surface area contributed by atoms with Crippen LogP contribution in [-0.2, 0) is 9.59 Å². The molecule has 0 aliphatic rings. The molecule has 0 aliphatic heterocycles. The fourth-order valence-corrected chi connectivity index (χ4v) is 1.46. The van der Waals surface area contributed by atoms with Crippen molar-refractivity contribution in [1.82, 2.24) is 15.8 Å². The topological polar surface area (TPSA) is 108 Å². The van der Waals surface area contributed by atoms with Gasteiger partial charge in [-0.25, -0.2) is 9.40 Å². The quantitative estimate of drug-likeness (QED) is 0.386. The molecule has 8 heteroatoms. The van der Waals surface area contributed by atoms with E-state index in [0.29, 0.717) is 0 Å². The predicted octanol–water partition coefficient (Wildman–Crippen LogP) is -1.30. The van der Waals surface area contributed by atoms with Gasteiger partial charge in [-0.1, -0.05) is 0 Å². The van der Waals surface area contributed by atoms with Crippen LogP contribution in [-0.4, -0.2) is 61.4 Å². The van der Waals surface area contributed by atoms with Gasteiger partial charge in [0, 0.05) is 26.1 Å². The predicted molar refractivity (Wildman–Crippen MR) is 64.4 cm³/mol. The number of nitrogens with zero attached hydrogens (tertiary/aromatic N) is 1. The number of amides is 1. The van der Waals surface area contributed by atoms with Crippen LogP contribution >= 0.6 is 0 Å². The Bertz CT molecular complexity index is 278. The van der Waals surface area contributed by atoms with E-state index in [4.69, 9.17) is 10.8 Å². The second kappa shape index (κ2) is 8.78. The van der Waals surface area contributed by atoms with E-state index >= 15 is 0 Å². The van der Waals surface area contributed by atoms with Crippen molar-refractivity contribution in [2.24, 2.45) is 5.73 Å². The average molecular weight is 264 g/mol. The second-order valence-electron chi connectivity index (χ2n) is 4.14. The Morgan fingerprint density at radius 1 is 1.50 bits per heavy atom. The molecule has 0 heterocycles. The first-order valence-corrected chi connectivity index (χ1v) is 5.61. The SMILES string of the molecule is CNC[C@H](F)C[C@@H](N)CC(=O)NN(C)CC(=O)O. The Morgan fingerprint density at radius 3 is 2.61 bits per heavy atom. The summed E-state index contributed by atoms with van der Waals surface area (Å²) >= 11 is 0. The lowest BCUT2D eigenvalue weighted by Crippen LogP contribution is -2.44. The summed E-state index contributed by atoms with van der Waals surface area (Å²) in [5, 5.41) is 12.3. The summed E-state index contributed by atoms with van der Waals surface area (Å²) in [7, 11) is 3.06. The molecule has 0 saturated heterocycles. The first-order valence-electron chi connectivity index (χ1n) is 5.61. The lowest BCUT2D eigenvalue weighted by molar-refractivity contribution is -0.139. The monoisotopic (exact) mass is 264 g/mol. The van der Waals surface area contributed by atoms with E-state index in [9.17, 15) is 14.0 Å². The maximum Gasteiger partial charge on any atom is 0.319 e. The molecule has 0 radical (unpaired) electrons. The lowest BCUT2D eigenvalue weighted by Gasteiger charge is -2.18. The summed E-state index contributed by atoms with van der Waals surface area (Å²) in [4.78, 5) is 21.8. The number of likely N-dealkylation sites (N-methyl/N-ethyl adjacent to an activating group) is 1. The summed E-state index contributed by atoms with van der Waals surface area (Å²) in [5.74, 6) is -1.48. The van der Waals surface area contributed by atoms with Crippen molar-refractivity contribution in [3.8, 4) is 0 Å². The van der Waals surface area contributed by atoms with Crippen molar-refractivity contribution in [2.75, 3.05) is 27.2 Å². The van der Waals surface area contributed by atoms with Crippen molar-refractivity contribution in [2.45, 2.75) is 25.1 Å². The number of carbonyl (C=O) groups is 2. The minimum atomic E-state index is -1.10. The summed E-state index contributed by atoms with van der Waals surface area (Å²) in [5.41, 5.74) is 7.96. The lowest BCUT2D eigenvalue weighted by atomic mass is 10.1. The van der Waals surface area contributed by atoms with Crippen LogP contribution in [0.2, 0.25) is 0 Å². The summed E-state index contributed by atoms with van der Waals surface area (Å²) in [6.45, 7) is -0.124. The summed E-state index contributed by atoms with van der Waals surface area (Å²) < 4.78 is 13.2. The number of aliphatic carboxylic acids is 1. The Balaban J connectivity index is 3.89. The Labute approximate surface area is 105 Å². The van der Waals surface area contributed by atoms with Gasteiger partial charge in [0.05, 0.1) is 0 Å². The fraction of sp³-hybridized carbons (Fsp3) is 0.800. The van der Waals surface area contributed by atoms with Gasteiger partial charge in [-0.3, -0.25) is 15.0 Å². The highest BCUT2D eigenvalue weighted by molar-refractivity contribution is 5.76. The molecule has 0 fully saturated rings. The number of carbonyl (C=O) groups excluding carboxylic acids is 1. The number of hydrogen-bond acceptors (Lipinski definition) is 5. The molecule has 7 nitrogen and oxygen atoms in total. The highest BCUT2D eigenvalue weighted by atomic mass is 19.1. The van der Waals surface area contributed by atoms with E-state index in [-0.39, 0.29) is 25.9 Å². The molecule has 0 aromatic heterocycles. The number of halogens is 1. The number of hydrazine groups is 1. The molecule has 0 bridgehead atoms. The number of nitrogens with one attached hydrogen (secondary N) is 2. The third-order valence-electron chi connectivity index (χ3n) is 2.12. The molecule has 0 aliphatic carbocycles. The Morgan fingerprint density at radius 2 is 2.11 bits per heavy atom. The van der Waals surface area contributed by atoms with Crippen molar-refractivity contribution >= 4 is 11.9 Å². The molecular formula is C10H21FN4O3. The number of alkyl halides is 1. The molecule has 18 heavy (non-hydrogen) atoms. The molecule has 0 rings (SSSR count). The van der Waals surface area contributed by atoms with Crippen LogP contribution in [0.4, 0.5) is 4.39 Å². The van der Waals surface area contributed by atoms with Crippen LogP contribution in [0.15, 0.2) is 0 Å². The van der Waals surface area contributed by atoms with E-state index in [2.05, 4.69) is 10.7 Å². The summed E-state index contributed by atoms with van der Waals surface area (Å²) in [6, 6.07) is -0.591. The van der Waals surface area contributed by atoms with Crippen LogP contribution in [0.5, 0.6) is 0 Å². The number of carboxylic acids is 1. The normalized spacial score (nSPS) is 14.3. The highest BCUT2D eigenvalue weighted by Crippen LogP contribution is 2.03. The van der Waals surface area contributed by atoms with Crippen LogP contribution in [0, 0.1) is 0 Å². The fourth-order valence-electron chi connectivity index (χ4n) is 1.46. The maximum atomic E-state index is 13.2. The van der Waals surface area contributed by atoms with Crippen molar-refractivity contribution in [1.29, 1.82) is 0 Å². The van der Waals surface area contributed by atoms with Crippen LogP contribution in [0.1, 0.15) is 12.8 Å². The number of carboxylic acid groups (broad SMARTS) is 1. The third kappa shape index (κ3) is 8.85. The molecule has 106 valence electrons. The van der Waals surface area contributed by atoms with Gasteiger partial charge in [-0.05, 0) is 13.5 Å². The zero-order chi connectivity index (χ0) is 14.1. The number of rotatable bonds is 9. The van der Waals surface area contributed by atoms with Gasteiger partial charge in [0.25, 0.3) is 0 Å². The Kier molecular flexibility index (Phi) is 8.17. The van der Waals surface area contributed by atoms with E-state index < -0.39 is 24.1 Å². The molecule has 0 spiro atoms. The smallest absolute Gasteiger partial charge is 0.319 e. The van der Waals surface area contributed by atoms with E-state index in [1.54, 1.807) is 7.05 Å². The number of hydrogen-bond donors (Lipinski definition) is 4. The van der Waals surface area contributed by atoms with Crippen molar-refractivity contribution < 1.29 is 19.1 Å². The minimum Gasteiger partial charge on any atom is -0.480 e. The van der Waals surface area contributed by atoms with Gasteiger partial charge in [0.2, 0.25) is 5.91 Å². The molecule has 1 amide bonds. The van der Waals surface area contributed by atoms with Gasteiger partial charge >= 0.3 is 5.97 Å². The maximum absolute atomic E-state index is 13.2. The zero-order valence-electron chi connectivity index (χ0n) is 10.6. The molecule has 0 aromatic carbocycles. The summed E-state index contributed by atoms with van der Waals surface area (Å²) in [6.07, 6.45) is -1.07. The molecule has 0 unspecified atom stereocenters. The van der Waals surface area contributed by atoms with E-state index in [1.165, 1.54) is 7.05 Å². The Hall–Kier alpha value is -1.25. The minimum absolute atomic E-state index is 0.0475. The van der Waals surface area contributed by atoms with Gasteiger partial charge in [0.15, 0.2) is 0 Å². The van der Waals surface area contributed by atoms with Crippen molar-refractivity contribution in [3.63, 3.8) is 0 Å². The first-order chi connectivity index (χ1) is 8.35. The van der Waals surface area contributed by atoms with Gasteiger partial charge in [0.1, 0.15) is 12.7 Å². The number of nitrogens with two attached hydrogens (primary N) is 1. The van der Waals surface area contributed by atoms with Gasteiger partial charge in [-0.2, -0.15) is 0 Å². The van der Waals surface area contributed by atoms with Crippen LogP contribution in [0.25, 0.3) is 0 Å². The second-order valence-corrected chi connectivity index (χ2v) is 4.14. The molecule has 5 N–H and O–H groups in total.